The molecule has 0 aromatic heterocycles. The minimum atomic E-state index is -4.83. The van der Waals surface area contributed by atoms with Crippen molar-refractivity contribution in [3.05, 3.63) is 29.3 Å². The third-order valence-corrected chi connectivity index (χ3v) is 4.63. The molecular formula is C17H21BrF3NO. The number of hydrogen-bond acceptors (Lipinski definition) is 1. The summed E-state index contributed by atoms with van der Waals surface area (Å²) < 4.78 is 38.1. The number of halogens is 4. The molecule has 1 unspecified atom stereocenters. The Morgan fingerprint density at radius 1 is 1.35 bits per heavy atom. The van der Waals surface area contributed by atoms with E-state index in [1.807, 2.05) is 12.1 Å². The maximum Gasteiger partial charge on any atom is 0.471 e. The first-order valence-electron chi connectivity index (χ1n) is 7.83. The van der Waals surface area contributed by atoms with Gasteiger partial charge < -0.3 is 4.90 Å². The van der Waals surface area contributed by atoms with Crippen molar-refractivity contribution in [2.45, 2.75) is 50.5 Å². The van der Waals surface area contributed by atoms with Gasteiger partial charge in [-0.1, -0.05) is 41.9 Å². The smallest absolute Gasteiger partial charge is 0.304 e. The number of fused-ring (bicyclic) bond motifs is 1. The average molecular weight is 392 g/mol. The molecule has 1 aromatic rings. The van der Waals surface area contributed by atoms with Crippen LogP contribution in [0.5, 0.6) is 0 Å². The average Bonchev–Trinajstić information content (AvgIpc) is 2.43. The minimum absolute atomic E-state index is 0.124. The van der Waals surface area contributed by atoms with E-state index >= 15 is 0 Å². The van der Waals surface area contributed by atoms with Gasteiger partial charge in [-0.15, -0.1) is 0 Å². The summed E-state index contributed by atoms with van der Waals surface area (Å²) in [5, 5.41) is 0. The van der Waals surface area contributed by atoms with Crippen molar-refractivity contribution in [3.63, 3.8) is 0 Å². The van der Waals surface area contributed by atoms with E-state index in [0.29, 0.717) is 29.3 Å². The fraction of sp³-hybridized carbons (Fsp3) is 0.588. The molecule has 2 nitrogen and oxygen atoms in total. The Kier molecular flexibility index (Phi) is 5.76. The number of benzene rings is 1. The highest BCUT2D eigenvalue weighted by Crippen LogP contribution is 2.32. The van der Waals surface area contributed by atoms with E-state index in [1.165, 1.54) is 0 Å². The molecule has 0 bridgehead atoms. The van der Waals surface area contributed by atoms with Gasteiger partial charge in [0.25, 0.3) is 0 Å². The Hall–Kier alpha value is -1.04. The second kappa shape index (κ2) is 7.24. The number of amides is 1. The van der Waals surface area contributed by atoms with Crippen LogP contribution in [0, 0.1) is 5.92 Å². The molecule has 0 N–H and O–H groups in total. The Balaban J connectivity index is 2.18. The van der Waals surface area contributed by atoms with E-state index in [2.05, 4.69) is 29.8 Å². The van der Waals surface area contributed by atoms with E-state index in [4.69, 9.17) is 0 Å². The van der Waals surface area contributed by atoms with Gasteiger partial charge in [0.15, 0.2) is 0 Å². The number of carbonyl (C=O) groups excluding carboxylic acids is 1. The lowest BCUT2D eigenvalue weighted by molar-refractivity contribution is -0.170. The molecule has 1 aliphatic rings. The fourth-order valence-electron chi connectivity index (χ4n) is 2.99. The molecule has 0 saturated heterocycles. The molecule has 128 valence electrons. The first-order valence-corrected chi connectivity index (χ1v) is 8.74. The van der Waals surface area contributed by atoms with Gasteiger partial charge in [-0.3, -0.25) is 4.79 Å². The third kappa shape index (κ3) is 4.72. The predicted molar refractivity (Wildman–Crippen MR) is 89.0 cm³/mol. The van der Waals surface area contributed by atoms with Crippen molar-refractivity contribution in [1.29, 1.82) is 0 Å². The summed E-state index contributed by atoms with van der Waals surface area (Å²) in [4.78, 5) is 12.8. The number of anilines is 1. The van der Waals surface area contributed by atoms with Gasteiger partial charge in [-0.05, 0) is 48.8 Å². The van der Waals surface area contributed by atoms with Crippen LogP contribution >= 0.6 is 15.9 Å². The SMILES string of the molecule is CC(C)CC(Br)Cc1ccc2c(c1)CCCN2C(=O)C(F)(F)F. The van der Waals surface area contributed by atoms with Gasteiger partial charge >= 0.3 is 12.1 Å². The minimum Gasteiger partial charge on any atom is -0.304 e. The molecule has 0 spiro atoms. The molecule has 1 aliphatic heterocycles. The summed E-state index contributed by atoms with van der Waals surface area (Å²) in [6, 6.07) is 5.43. The number of nitrogens with zero attached hydrogens (tertiary/aromatic N) is 1. The molecule has 1 atom stereocenters. The maximum atomic E-state index is 12.7. The monoisotopic (exact) mass is 391 g/mol. The summed E-state index contributed by atoms with van der Waals surface area (Å²) in [5.41, 5.74) is 2.32. The number of rotatable bonds is 4. The molecule has 1 amide bonds. The fourth-order valence-corrected chi connectivity index (χ4v) is 4.11. The van der Waals surface area contributed by atoms with E-state index in [-0.39, 0.29) is 6.54 Å². The molecular weight excluding hydrogens is 371 g/mol. The Morgan fingerprint density at radius 3 is 2.65 bits per heavy atom. The van der Waals surface area contributed by atoms with Crippen LogP contribution in [0.1, 0.15) is 37.8 Å². The van der Waals surface area contributed by atoms with Crippen molar-refractivity contribution in [2.24, 2.45) is 5.92 Å². The third-order valence-electron chi connectivity index (χ3n) is 3.93. The summed E-state index contributed by atoms with van der Waals surface area (Å²) in [7, 11) is 0. The lowest BCUT2D eigenvalue weighted by Crippen LogP contribution is -2.43. The molecule has 6 heteroatoms. The van der Waals surface area contributed by atoms with Crippen molar-refractivity contribution in [2.75, 3.05) is 11.4 Å². The lowest BCUT2D eigenvalue weighted by atomic mass is 9.96. The first kappa shape index (κ1) is 18.3. The van der Waals surface area contributed by atoms with Gasteiger partial charge in [0.1, 0.15) is 0 Å². The number of hydrogen-bond donors (Lipinski definition) is 0. The number of carbonyl (C=O) groups is 1. The largest absolute Gasteiger partial charge is 0.471 e. The van der Waals surface area contributed by atoms with E-state index in [0.717, 1.165) is 28.9 Å². The number of alkyl halides is 4. The zero-order valence-corrected chi connectivity index (χ0v) is 14.9. The summed E-state index contributed by atoms with van der Waals surface area (Å²) >= 11 is 3.66. The van der Waals surface area contributed by atoms with Gasteiger partial charge in [0.2, 0.25) is 0 Å². The molecule has 23 heavy (non-hydrogen) atoms. The number of aryl methyl sites for hydroxylation is 1. The van der Waals surface area contributed by atoms with Crippen LogP contribution in [0.3, 0.4) is 0 Å². The van der Waals surface area contributed by atoms with E-state index < -0.39 is 12.1 Å². The van der Waals surface area contributed by atoms with Crippen molar-refractivity contribution >= 4 is 27.5 Å². The zero-order chi connectivity index (χ0) is 17.2. The van der Waals surface area contributed by atoms with Gasteiger partial charge in [0, 0.05) is 17.1 Å². The van der Waals surface area contributed by atoms with E-state index in [1.54, 1.807) is 6.07 Å². The van der Waals surface area contributed by atoms with Gasteiger partial charge in [0.05, 0.1) is 0 Å². The second-order valence-corrected chi connectivity index (χ2v) is 7.75. The molecule has 0 fully saturated rings. The Labute approximate surface area is 143 Å². The highest BCUT2D eigenvalue weighted by atomic mass is 79.9. The Bertz CT molecular complexity index is 571. The second-order valence-electron chi connectivity index (χ2n) is 6.45. The molecule has 2 rings (SSSR count). The normalized spacial score (nSPS) is 16.4. The highest BCUT2D eigenvalue weighted by molar-refractivity contribution is 9.09. The van der Waals surface area contributed by atoms with Crippen LogP contribution in [0.4, 0.5) is 18.9 Å². The van der Waals surface area contributed by atoms with Crippen molar-refractivity contribution in [3.8, 4) is 0 Å². The van der Waals surface area contributed by atoms with Crippen LogP contribution < -0.4 is 4.90 Å². The standard InChI is InChI=1S/C17H21BrF3NO/c1-11(2)8-14(18)10-12-5-6-15-13(9-12)4-3-7-22(15)16(23)17(19,20)21/h5-6,9,11,14H,3-4,7-8,10H2,1-2H3. The van der Waals surface area contributed by atoms with Gasteiger partial charge in [-0.2, -0.15) is 13.2 Å². The van der Waals surface area contributed by atoms with Crippen LogP contribution in [0.2, 0.25) is 0 Å². The highest BCUT2D eigenvalue weighted by Gasteiger charge is 2.43. The molecule has 0 aliphatic carbocycles. The summed E-state index contributed by atoms with van der Waals surface area (Å²) in [6.07, 6.45) is -1.69. The van der Waals surface area contributed by atoms with Crippen LogP contribution in [-0.2, 0) is 17.6 Å². The van der Waals surface area contributed by atoms with Gasteiger partial charge in [-0.25, -0.2) is 0 Å². The molecule has 1 heterocycles. The predicted octanol–water partition coefficient (Wildman–Crippen LogP) is 4.88. The van der Waals surface area contributed by atoms with Crippen LogP contribution in [0.15, 0.2) is 18.2 Å². The maximum absolute atomic E-state index is 12.7. The summed E-state index contributed by atoms with van der Waals surface area (Å²) in [6.45, 7) is 4.43. The quantitative estimate of drug-likeness (QED) is 0.669. The molecule has 0 saturated carbocycles. The summed E-state index contributed by atoms with van der Waals surface area (Å²) in [5.74, 6) is -1.19. The first-order chi connectivity index (χ1) is 10.7. The zero-order valence-electron chi connectivity index (χ0n) is 13.3. The van der Waals surface area contributed by atoms with Crippen molar-refractivity contribution in [1.82, 2.24) is 0 Å². The van der Waals surface area contributed by atoms with E-state index in [9.17, 15) is 18.0 Å². The van der Waals surface area contributed by atoms with Crippen LogP contribution in [-0.4, -0.2) is 23.5 Å². The molecule has 1 aromatic carbocycles. The van der Waals surface area contributed by atoms with Crippen LogP contribution in [0.25, 0.3) is 0 Å². The topological polar surface area (TPSA) is 20.3 Å². The molecule has 0 radical (unpaired) electrons. The lowest BCUT2D eigenvalue weighted by Gasteiger charge is -2.30. The Morgan fingerprint density at radius 2 is 2.04 bits per heavy atom. The van der Waals surface area contributed by atoms with Crippen molar-refractivity contribution < 1.29 is 18.0 Å².